The van der Waals surface area contributed by atoms with Crippen LogP contribution >= 0.6 is 0 Å². The van der Waals surface area contributed by atoms with Crippen LogP contribution < -0.4 is 11.2 Å². The first-order valence-electron chi connectivity index (χ1n) is 6.39. The third-order valence-corrected chi connectivity index (χ3v) is 3.02. The summed E-state index contributed by atoms with van der Waals surface area (Å²) in [6, 6.07) is 0. The minimum absolute atomic E-state index is 0.392. The summed E-state index contributed by atoms with van der Waals surface area (Å²) >= 11 is 0. The van der Waals surface area contributed by atoms with Crippen LogP contribution in [-0.4, -0.2) is 19.5 Å². The van der Waals surface area contributed by atoms with E-state index in [9.17, 15) is 9.59 Å². The molecule has 2 aromatic rings. The molecule has 0 unspecified atom stereocenters. The molecule has 18 heavy (non-hydrogen) atoms. The molecule has 0 fully saturated rings. The largest absolute Gasteiger partial charge is 0.336 e. The van der Waals surface area contributed by atoms with Gasteiger partial charge in [-0.05, 0) is 13.3 Å². The number of unbranched alkanes of at least 4 members (excludes halogenated alkanes) is 2. The zero-order valence-corrected chi connectivity index (χ0v) is 10.7. The van der Waals surface area contributed by atoms with Gasteiger partial charge in [0, 0.05) is 13.0 Å². The Labute approximate surface area is 104 Å². The molecule has 2 rings (SSSR count). The second-order valence-corrected chi connectivity index (χ2v) is 4.34. The highest BCUT2D eigenvalue weighted by Gasteiger charge is 2.11. The van der Waals surface area contributed by atoms with Crippen LogP contribution in [0.1, 0.15) is 38.9 Å². The van der Waals surface area contributed by atoms with Gasteiger partial charge in [-0.3, -0.25) is 14.3 Å². The van der Waals surface area contributed by atoms with Gasteiger partial charge in [-0.2, -0.15) is 0 Å². The molecule has 0 saturated heterocycles. The third kappa shape index (κ3) is 2.23. The zero-order chi connectivity index (χ0) is 13.1. The predicted octanol–water partition coefficient (Wildman–Crippen LogP) is 1.17. The average Bonchev–Trinajstić information content (AvgIpc) is 2.74. The van der Waals surface area contributed by atoms with Crippen molar-refractivity contribution in [3.05, 3.63) is 26.7 Å². The number of fused-ring (bicyclic) bond motifs is 1. The Hall–Kier alpha value is -1.85. The number of hydrogen-bond donors (Lipinski definition) is 2. The van der Waals surface area contributed by atoms with E-state index >= 15 is 0 Å². The smallest absolute Gasteiger partial charge is 0.330 e. The SMILES string of the molecule is CCCCCc1nc2c([nH]1)c(=O)[nH]c(=O)n2CC. The lowest BCUT2D eigenvalue weighted by atomic mass is 10.2. The molecule has 0 saturated carbocycles. The van der Waals surface area contributed by atoms with E-state index in [2.05, 4.69) is 21.9 Å². The van der Waals surface area contributed by atoms with Crippen molar-refractivity contribution in [2.75, 3.05) is 0 Å². The molecule has 0 radical (unpaired) electrons. The molecule has 2 heterocycles. The van der Waals surface area contributed by atoms with Crippen molar-refractivity contribution in [1.82, 2.24) is 19.5 Å². The molecule has 2 N–H and O–H groups in total. The van der Waals surface area contributed by atoms with Crippen molar-refractivity contribution in [3.63, 3.8) is 0 Å². The van der Waals surface area contributed by atoms with E-state index < -0.39 is 11.2 Å². The number of aromatic nitrogens is 4. The van der Waals surface area contributed by atoms with Crippen LogP contribution in [0.3, 0.4) is 0 Å². The van der Waals surface area contributed by atoms with Gasteiger partial charge in [0.1, 0.15) is 11.3 Å². The van der Waals surface area contributed by atoms with Gasteiger partial charge in [0.05, 0.1) is 0 Å². The first-order valence-corrected chi connectivity index (χ1v) is 6.39. The Morgan fingerprint density at radius 1 is 1.17 bits per heavy atom. The summed E-state index contributed by atoms with van der Waals surface area (Å²) in [4.78, 5) is 32.9. The molecule has 6 heteroatoms. The van der Waals surface area contributed by atoms with Crippen molar-refractivity contribution >= 4 is 11.2 Å². The Balaban J connectivity index is 2.46. The van der Waals surface area contributed by atoms with E-state index in [-0.39, 0.29) is 0 Å². The first-order chi connectivity index (χ1) is 8.67. The van der Waals surface area contributed by atoms with Gasteiger partial charge < -0.3 is 4.98 Å². The van der Waals surface area contributed by atoms with E-state index in [1.807, 2.05) is 6.92 Å². The molecule has 0 aliphatic rings. The van der Waals surface area contributed by atoms with E-state index in [1.54, 1.807) is 0 Å². The van der Waals surface area contributed by atoms with Crippen molar-refractivity contribution < 1.29 is 0 Å². The summed E-state index contributed by atoms with van der Waals surface area (Å²) in [5, 5.41) is 0. The van der Waals surface area contributed by atoms with Crippen LogP contribution in [0.25, 0.3) is 11.2 Å². The molecule has 0 spiro atoms. The highest BCUT2D eigenvalue weighted by molar-refractivity contribution is 5.69. The fraction of sp³-hybridized carbons (Fsp3) is 0.583. The highest BCUT2D eigenvalue weighted by atomic mass is 16.2. The summed E-state index contributed by atoms with van der Waals surface area (Å²) in [6.07, 6.45) is 4.11. The number of imidazole rings is 1. The standard InChI is InChI=1S/C12H18N4O2/c1-3-5-6-7-8-13-9-10(14-8)16(4-2)12(18)15-11(9)17/h3-7H2,1-2H3,(H,13,14)(H,15,17,18). The molecule has 0 atom stereocenters. The molecule has 0 aromatic carbocycles. The topological polar surface area (TPSA) is 83.5 Å². The first kappa shape index (κ1) is 12.6. The summed E-state index contributed by atoms with van der Waals surface area (Å²) in [7, 11) is 0. The van der Waals surface area contributed by atoms with Crippen LogP contribution in [-0.2, 0) is 13.0 Å². The fourth-order valence-electron chi connectivity index (χ4n) is 2.04. The minimum atomic E-state index is -0.401. The number of hydrogen-bond acceptors (Lipinski definition) is 3. The number of H-pyrrole nitrogens is 2. The third-order valence-electron chi connectivity index (χ3n) is 3.02. The van der Waals surface area contributed by atoms with Gasteiger partial charge in [-0.1, -0.05) is 19.8 Å². The number of rotatable bonds is 5. The molecule has 0 aliphatic heterocycles. The number of nitrogens with zero attached hydrogens (tertiary/aromatic N) is 2. The van der Waals surface area contributed by atoms with Gasteiger partial charge in [-0.25, -0.2) is 9.78 Å². The summed E-state index contributed by atoms with van der Waals surface area (Å²) in [5.41, 5.74) is 0.0521. The molecule has 2 aromatic heterocycles. The van der Waals surface area contributed by atoms with E-state index in [0.717, 1.165) is 31.5 Å². The van der Waals surface area contributed by atoms with Gasteiger partial charge in [-0.15, -0.1) is 0 Å². The van der Waals surface area contributed by atoms with E-state index in [0.29, 0.717) is 17.7 Å². The molecule has 98 valence electrons. The second-order valence-electron chi connectivity index (χ2n) is 4.34. The van der Waals surface area contributed by atoms with Crippen molar-refractivity contribution in [2.45, 2.75) is 46.1 Å². The predicted molar refractivity (Wildman–Crippen MR) is 69.9 cm³/mol. The molecule has 0 bridgehead atoms. The lowest BCUT2D eigenvalue weighted by molar-refractivity contribution is 0.695. The second kappa shape index (κ2) is 5.20. The lowest BCUT2D eigenvalue weighted by Crippen LogP contribution is -2.29. The maximum atomic E-state index is 11.7. The molecule has 0 aliphatic carbocycles. The number of aromatic amines is 2. The Morgan fingerprint density at radius 2 is 1.94 bits per heavy atom. The minimum Gasteiger partial charge on any atom is -0.336 e. The molecule has 0 amide bonds. The Kier molecular flexibility index (Phi) is 3.64. The van der Waals surface area contributed by atoms with Crippen molar-refractivity contribution in [2.24, 2.45) is 0 Å². The van der Waals surface area contributed by atoms with Gasteiger partial charge in [0.2, 0.25) is 0 Å². The number of nitrogens with one attached hydrogen (secondary N) is 2. The van der Waals surface area contributed by atoms with Crippen LogP contribution in [0, 0.1) is 0 Å². The summed E-state index contributed by atoms with van der Waals surface area (Å²) < 4.78 is 1.47. The Morgan fingerprint density at radius 3 is 2.61 bits per heavy atom. The summed E-state index contributed by atoms with van der Waals surface area (Å²) in [5.74, 6) is 0.775. The normalized spacial score (nSPS) is 11.2. The summed E-state index contributed by atoms with van der Waals surface area (Å²) in [6.45, 7) is 4.48. The zero-order valence-electron chi connectivity index (χ0n) is 10.7. The van der Waals surface area contributed by atoms with Crippen LogP contribution in [0.5, 0.6) is 0 Å². The van der Waals surface area contributed by atoms with Crippen molar-refractivity contribution in [3.8, 4) is 0 Å². The van der Waals surface area contributed by atoms with Crippen molar-refractivity contribution in [1.29, 1.82) is 0 Å². The maximum absolute atomic E-state index is 11.7. The van der Waals surface area contributed by atoms with E-state index in [1.165, 1.54) is 4.57 Å². The van der Waals surface area contributed by atoms with Crippen LogP contribution in [0.15, 0.2) is 9.59 Å². The van der Waals surface area contributed by atoms with E-state index in [4.69, 9.17) is 0 Å². The molecular formula is C12H18N4O2. The van der Waals surface area contributed by atoms with Crippen LogP contribution in [0.2, 0.25) is 0 Å². The van der Waals surface area contributed by atoms with Crippen LogP contribution in [0.4, 0.5) is 0 Å². The quantitative estimate of drug-likeness (QED) is 0.781. The number of aryl methyl sites for hydroxylation is 2. The average molecular weight is 250 g/mol. The molecule has 6 nitrogen and oxygen atoms in total. The Bertz CT molecular complexity index is 650. The maximum Gasteiger partial charge on any atom is 0.330 e. The molecular weight excluding hydrogens is 232 g/mol. The monoisotopic (exact) mass is 250 g/mol. The highest BCUT2D eigenvalue weighted by Crippen LogP contribution is 2.08. The van der Waals surface area contributed by atoms with Gasteiger partial charge in [0.15, 0.2) is 5.65 Å². The lowest BCUT2D eigenvalue weighted by Gasteiger charge is -1.99. The van der Waals surface area contributed by atoms with Gasteiger partial charge in [0.25, 0.3) is 5.56 Å². The van der Waals surface area contributed by atoms with Gasteiger partial charge >= 0.3 is 5.69 Å². The fourth-order valence-corrected chi connectivity index (χ4v) is 2.04.